The minimum absolute atomic E-state index is 0.275. The molecule has 2 amide bonds. The molecule has 1 heterocycles. The lowest BCUT2D eigenvalue weighted by atomic mass is 10.2. The van der Waals surface area contributed by atoms with Gasteiger partial charge in [0.1, 0.15) is 18.2 Å². The number of benzene rings is 2. The van der Waals surface area contributed by atoms with Crippen LogP contribution in [0, 0.1) is 5.82 Å². The van der Waals surface area contributed by atoms with Crippen LogP contribution in [-0.4, -0.2) is 17.0 Å². The molecule has 0 atom stereocenters. The molecule has 2 aromatic carbocycles. The van der Waals surface area contributed by atoms with Crippen LogP contribution in [-0.2, 0) is 16.2 Å². The number of aliphatic imine (C=N–C) groups is 1. The van der Waals surface area contributed by atoms with Crippen molar-refractivity contribution in [3.63, 3.8) is 0 Å². The average Bonchev–Trinajstić information content (AvgIpc) is 2.94. The summed E-state index contributed by atoms with van der Waals surface area (Å²) >= 11 is 4.56. The maximum absolute atomic E-state index is 12.9. The molecule has 0 aliphatic carbocycles. The van der Waals surface area contributed by atoms with Crippen LogP contribution in [0.3, 0.4) is 0 Å². The van der Waals surface area contributed by atoms with Crippen molar-refractivity contribution >= 4 is 50.7 Å². The Balaban J connectivity index is 1.67. The van der Waals surface area contributed by atoms with Crippen LogP contribution in [0.4, 0.5) is 4.39 Å². The van der Waals surface area contributed by atoms with Gasteiger partial charge in [0.15, 0.2) is 5.17 Å². The Bertz CT molecular complexity index is 958. The monoisotopic (exact) mass is 448 g/mol. The molecule has 0 spiro atoms. The number of amides is 2. The zero-order valence-corrected chi connectivity index (χ0v) is 16.6. The lowest BCUT2D eigenvalue weighted by molar-refractivity contribution is -0.117. The summed E-state index contributed by atoms with van der Waals surface area (Å²) in [5.74, 6) is -0.332. The largest absolute Gasteiger partial charge is 0.488 e. The van der Waals surface area contributed by atoms with Crippen molar-refractivity contribution in [2.45, 2.75) is 13.5 Å². The second kappa shape index (κ2) is 8.49. The Hall–Kier alpha value is -2.45. The summed E-state index contributed by atoms with van der Waals surface area (Å²) in [6.45, 7) is 1.67. The molecule has 1 N–H and O–H groups in total. The van der Waals surface area contributed by atoms with Crippen molar-refractivity contribution in [3.05, 3.63) is 68.8 Å². The van der Waals surface area contributed by atoms with Gasteiger partial charge in [-0.05, 0) is 69.2 Å². The van der Waals surface area contributed by atoms with E-state index in [4.69, 9.17) is 4.74 Å². The lowest BCUT2D eigenvalue weighted by Gasteiger charge is -2.09. The molecule has 3 rings (SSSR count). The average molecular weight is 449 g/mol. The number of hydrogen-bond donors (Lipinski definition) is 1. The highest BCUT2D eigenvalue weighted by molar-refractivity contribution is 9.10. The van der Waals surface area contributed by atoms with Gasteiger partial charge < -0.3 is 10.1 Å². The molecule has 0 unspecified atom stereocenters. The normalized spacial score (nSPS) is 15.0. The number of carbonyl (C=O) groups is 2. The molecule has 0 saturated carbocycles. The highest BCUT2D eigenvalue weighted by Crippen LogP contribution is 2.31. The molecule has 138 valence electrons. The van der Waals surface area contributed by atoms with Crippen LogP contribution in [0.5, 0.6) is 5.75 Å². The van der Waals surface area contributed by atoms with Crippen molar-refractivity contribution in [3.8, 4) is 5.75 Å². The van der Waals surface area contributed by atoms with Gasteiger partial charge in [-0.2, -0.15) is 4.99 Å². The summed E-state index contributed by atoms with van der Waals surface area (Å²) in [7, 11) is 0. The number of carbonyl (C=O) groups excluding carboxylic acids is 2. The highest BCUT2D eigenvalue weighted by Gasteiger charge is 2.22. The molecule has 0 fully saturated rings. The fourth-order valence-corrected chi connectivity index (χ4v) is 3.60. The summed E-state index contributed by atoms with van der Waals surface area (Å²) in [6, 6.07) is 11.5. The second-order valence-corrected chi connectivity index (χ2v) is 7.50. The summed E-state index contributed by atoms with van der Waals surface area (Å²) in [4.78, 5) is 27.2. The van der Waals surface area contributed by atoms with E-state index in [0.717, 1.165) is 27.4 Å². The zero-order chi connectivity index (χ0) is 19.4. The molecular weight excluding hydrogens is 435 g/mol. The molecule has 0 radical (unpaired) electrons. The number of amidine groups is 1. The maximum Gasteiger partial charge on any atom is 0.286 e. The second-order valence-electron chi connectivity index (χ2n) is 5.62. The fourth-order valence-electron chi connectivity index (χ4n) is 2.23. The first-order chi connectivity index (χ1) is 12.9. The van der Waals surface area contributed by atoms with Gasteiger partial charge in [-0.15, -0.1) is 0 Å². The molecule has 1 aliphatic heterocycles. The first kappa shape index (κ1) is 19.3. The molecule has 8 heteroatoms. The predicted molar refractivity (Wildman–Crippen MR) is 107 cm³/mol. The third kappa shape index (κ3) is 5.27. The van der Waals surface area contributed by atoms with Crippen molar-refractivity contribution in [2.24, 2.45) is 4.99 Å². The van der Waals surface area contributed by atoms with Gasteiger partial charge in [0.05, 0.1) is 9.38 Å². The van der Waals surface area contributed by atoms with Gasteiger partial charge in [-0.25, -0.2) is 4.39 Å². The van der Waals surface area contributed by atoms with Crippen molar-refractivity contribution in [2.75, 3.05) is 0 Å². The van der Waals surface area contributed by atoms with Crippen LogP contribution in [0.1, 0.15) is 18.1 Å². The number of rotatable bonds is 4. The number of hydrogen-bond acceptors (Lipinski definition) is 4. The predicted octanol–water partition coefficient (Wildman–Crippen LogP) is 4.27. The van der Waals surface area contributed by atoms with Crippen LogP contribution < -0.4 is 10.1 Å². The van der Waals surface area contributed by atoms with E-state index in [2.05, 4.69) is 26.2 Å². The van der Waals surface area contributed by atoms with Gasteiger partial charge in [-0.1, -0.05) is 18.2 Å². The number of thioether (sulfide) groups is 1. The lowest BCUT2D eigenvalue weighted by Crippen LogP contribution is -2.23. The fraction of sp³-hybridized carbons (Fsp3) is 0.105. The summed E-state index contributed by atoms with van der Waals surface area (Å²) in [5, 5.41) is 2.78. The minimum Gasteiger partial charge on any atom is -0.488 e. The SMILES string of the molecule is CC(=O)NC1=NC(=O)C(=Cc2ccc(OCc3ccc(F)cc3)c(Br)c2)S1. The molecule has 0 saturated heterocycles. The van der Waals surface area contributed by atoms with Crippen LogP contribution in [0.15, 0.2) is 56.8 Å². The van der Waals surface area contributed by atoms with Crippen LogP contribution in [0.2, 0.25) is 0 Å². The van der Waals surface area contributed by atoms with E-state index in [9.17, 15) is 14.0 Å². The molecule has 0 bridgehead atoms. The Morgan fingerprint density at radius 1 is 1.30 bits per heavy atom. The Morgan fingerprint density at radius 3 is 2.70 bits per heavy atom. The van der Waals surface area contributed by atoms with Crippen LogP contribution in [0.25, 0.3) is 6.08 Å². The minimum atomic E-state index is -0.392. The zero-order valence-electron chi connectivity index (χ0n) is 14.2. The number of halogens is 2. The smallest absolute Gasteiger partial charge is 0.286 e. The highest BCUT2D eigenvalue weighted by atomic mass is 79.9. The summed E-state index contributed by atoms with van der Waals surface area (Å²) in [6.07, 6.45) is 1.69. The molecule has 1 aliphatic rings. The molecule has 5 nitrogen and oxygen atoms in total. The van der Waals surface area contributed by atoms with Gasteiger partial charge in [0.25, 0.3) is 5.91 Å². The van der Waals surface area contributed by atoms with E-state index >= 15 is 0 Å². The molecule has 0 aromatic heterocycles. The third-order valence-corrected chi connectivity index (χ3v) is 4.98. The summed E-state index contributed by atoms with van der Waals surface area (Å²) in [5.41, 5.74) is 1.64. The number of nitrogens with zero attached hydrogens (tertiary/aromatic N) is 1. The van der Waals surface area contributed by atoms with E-state index in [1.54, 1.807) is 24.3 Å². The van der Waals surface area contributed by atoms with Crippen LogP contribution >= 0.6 is 27.7 Å². The number of ether oxygens (including phenoxy) is 1. The van der Waals surface area contributed by atoms with Crippen molar-refractivity contribution in [1.29, 1.82) is 0 Å². The summed E-state index contributed by atoms with van der Waals surface area (Å²) < 4.78 is 19.4. The van der Waals surface area contributed by atoms with E-state index in [1.165, 1.54) is 19.1 Å². The van der Waals surface area contributed by atoms with Gasteiger partial charge >= 0.3 is 0 Å². The van der Waals surface area contributed by atoms with Gasteiger partial charge in [0, 0.05) is 6.92 Å². The first-order valence-electron chi connectivity index (χ1n) is 7.87. The quantitative estimate of drug-likeness (QED) is 0.708. The standard InChI is InChI=1S/C19H14BrFN2O3S/c1-11(24)22-19-23-18(25)17(27-19)9-13-4-7-16(15(20)8-13)26-10-12-2-5-14(21)6-3-12/h2-9H,10H2,1H3,(H,22,23,24,25). The Kier molecular flexibility index (Phi) is 6.08. The van der Waals surface area contributed by atoms with Gasteiger partial charge in [-0.3, -0.25) is 9.59 Å². The van der Waals surface area contributed by atoms with E-state index in [-0.39, 0.29) is 16.9 Å². The van der Waals surface area contributed by atoms with Crippen molar-refractivity contribution in [1.82, 2.24) is 5.32 Å². The Labute approximate surface area is 167 Å². The topological polar surface area (TPSA) is 67.8 Å². The molecule has 2 aromatic rings. The van der Waals surface area contributed by atoms with E-state index in [0.29, 0.717) is 17.3 Å². The van der Waals surface area contributed by atoms with E-state index < -0.39 is 5.91 Å². The number of nitrogens with one attached hydrogen (secondary N) is 1. The van der Waals surface area contributed by atoms with E-state index in [1.807, 2.05) is 12.1 Å². The first-order valence-corrected chi connectivity index (χ1v) is 9.48. The maximum atomic E-state index is 12.9. The third-order valence-electron chi connectivity index (χ3n) is 3.46. The van der Waals surface area contributed by atoms with Gasteiger partial charge in [0.2, 0.25) is 5.91 Å². The Morgan fingerprint density at radius 2 is 2.04 bits per heavy atom. The molecular formula is C19H14BrFN2O3S. The van der Waals surface area contributed by atoms with Crippen molar-refractivity contribution < 1.29 is 18.7 Å². The molecule has 27 heavy (non-hydrogen) atoms.